The molecule has 0 bridgehead atoms. The Hall–Kier alpha value is -2.97. The van der Waals surface area contributed by atoms with Crippen molar-refractivity contribution in [1.29, 1.82) is 0 Å². The Balaban J connectivity index is 1.55. The molecule has 182 valence electrons. The van der Waals surface area contributed by atoms with E-state index in [1.165, 1.54) is 11.0 Å². The van der Waals surface area contributed by atoms with E-state index in [4.69, 9.17) is 9.47 Å². The molecule has 0 radical (unpaired) electrons. The fraction of sp³-hybridized carbons (Fsp3) is 0.462. The summed E-state index contributed by atoms with van der Waals surface area (Å²) in [6, 6.07) is 14.1. The first-order valence-electron chi connectivity index (χ1n) is 11.7. The molecule has 4 rings (SSSR count). The lowest BCUT2D eigenvalue weighted by molar-refractivity contribution is -0.134. The van der Waals surface area contributed by atoms with Crippen molar-refractivity contribution >= 4 is 11.9 Å². The number of nitrogens with one attached hydrogen (secondary N) is 1. The number of carbonyl (C=O) groups is 2. The molecule has 0 aliphatic carbocycles. The van der Waals surface area contributed by atoms with E-state index >= 15 is 0 Å². The van der Waals surface area contributed by atoms with Crippen molar-refractivity contribution in [3.63, 3.8) is 0 Å². The average Bonchev–Trinajstić information content (AvgIpc) is 3.09. The van der Waals surface area contributed by atoms with E-state index < -0.39 is 5.54 Å². The first-order chi connectivity index (χ1) is 16.5. The van der Waals surface area contributed by atoms with Crippen molar-refractivity contribution in [2.75, 3.05) is 40.5 Å². The van der Waals surface area contributed by atoms with Gasteiger partial charge in [0.05, 0.1) is 20.3 Å². The summed E-state index contributed by atoms with van der Waals surface area (Å²) < 4.78 is 24.6. The van der Waals surface area contributed by atoms with E-state index in [0.717, 1.165) is 31.5 Å². The smallest absolute Gasteiger partial charge is 0.325 e. The number of benzene rings is 2. The number of amides is 3. The summed E-state index contributed by atoms with van der Waals surface area (Å²) in [5.41, 5.74) is 0.569. The molecule has 34 heavy (non-hydrogen) atoms. The minimum absolute atomic E-state index is 0.0421. The second-order valence-corrected chi connectivity index (χ2v) is 9.02. The van der Waals surface area contributed by atoms with Crippen LogP contribution in [0.3, 0.4) is 0 Å². The van der Waals surface area contributed by atoms with Gasteiger partial charge in [-0.3, -0.25) is 14.6 Å². The standard InChI is InChI=1S/C26H32FN3O4/c1-33-15-14-30-24(31)26(28-25(30)32,17-19-6-5-8-22(16-19)34-2)21-10-12-29(13-11-21)18-20-7-3-4-9-23(20)27/h3-9,16,21H,10-15,17-18H2,1-2H3,(H,28,32). The van der Waals surface area contributed by atoms with Crippen LogP contribution in [-0.2, 0) is 22.5 Å². The summed E-state index contributed by atoms with van der Waals surface area (Å²) in [7, 11) is 3.16. The Morgan fingerprint density at radius 3 is 2.56 bits per heavy atom. The third-order valence-electron chi connectivity index (χ3n) is 6.97. The van der Waals surface area contributed by atoms with Gasteiger partial charge in [0, 0.05) is 25.6 Å². The predicted molar refractivity (Wildman–Crippen MR) is 126 cm³/mol. The van der Waals surface area contributed by atoms with Crippen LogP contribution < -0.4 is 10.1 Å². The molecule has 2 fully saturated rings. The molecule has 2 aromatic rings. The highest BCUT2D eigenvalue weighted by Crippen LogP contribution is 2.37. The third-order valence-corrected chi connectivity index (χ3v) is 6.97. The molecule has 2 aliphatic rings. The molecular weight excluding hydrogens is 437 g/mol. The highest BCUT2D eigenvalue weighted by molar-refractivity contribution is 6.07. The molecule has 0 saturated carbocycles. The first-order valence-corrected chi connectivity index (χ1v) is 11.7. The van der Waals surface area contributed by atoms with Gasteiger partial charge in [-0.15, -0.1) is 0 Å². The van der Waals surface area contributed by atoms with Crippen LogP contribution in [0.5, 0.6) is 5.75 Å². The fourth-order valence-electron chi connectivity index (χ4n) is 5.13. The minimum atomic E-state index is -1.03. The summed E-state index contributed by atoms with van der Waals surface area (Å²) >= 11 is 0. The van der Waals surface area contributed by atoms with Crippen molar-refractivity contribution in [1.82, 2.24) is 15.1 Å². The Kier molecular flexibility index (Phi) is 7.48. The molecule has 2 saturated heterocycles. The van der Waals surface area contributed by atoms with Crippen molar-refractivity contribution < 1.29 is 23.5 Å². The zero-order valence-electron chi connectivity index (χ0n) is 19.8. The second kappa shape index (κ2) is 10.5. The first kappa shape index (κ1) is 24.2. The van der Waals surface area contributed by atoms with E-state index in [9.17, 15) is 14.0 Å². The number of piperidine rings is 1. The summed E-state index contributed by atoms with van der Waals surface area (Å²) in [6.45, 7) is 2.48. The molecule has 8 heteroatoms. The molecule has 3 amide bonds. The molecule has 0 spiro atoms. The number of methoxy groups -OCH3 is 2. The van der Waals surface area contributed by atoms with Crippen molar-refractivity contribution in [3.05, 3.63) is 65.5 Å². The van der Waals surface area contributed by atoms with Crippen molar-refractivity contribution in [2.45, 2.75) is 31.3 Å². The molecule has 0 aromatic heterocycles. The molecule has 1 N–H and O–H groups in total. The van der Waals surface area contributed by atoms with Crippen LogP contribution in [0.15, 0.2) is 48.5 Å². The molecule has 1 unspecified atom stereocenters. The zero-order chi connectivity index (χ0) is 24.1. The molecule has 1 atom stereocenters. The number of hydrogen-bond acceptors (Lipinski definition) is 5. The van der Waals surface area contributed by atoms with E-state index in [1.807, 2.05) is 30.3 Å². The zero-order valence-corrected chi connectivity index (χ0v) is 19.8. The van der Waals surface area contributed by atoms with E-state index in [-0.39, 0.29) is 36.8 Å². The molecular formula is C26H32FN3O4. The van der Waals surface area contributed by atoms with Crippen LogP contribution in [0.25, 0.3) is 0 Å². The normalized spacial score (nSPS) is 21.7. The van der Waals surface area contributed by atoms with Gasteiger partial charge in [0.2, 0.25) is 0 Å². The van der Waals surface area contributed by atoms with Gasteiger partial charge in [-0.05, 0) is 55.6 Å². The maximum absolute atomic E-state index is 14.1. The number of rotatable bonds is 9. The number of likely N-dealkylation sites (tertiary alicyclic amines) is 1. The van der Waals surface area contributed by atoms with Gasteiger partial charge >= 0.3 is 6.03 Å². The molecule has 2 heterocycles. The van der Waals surface area contributed by atoms with Crippen LogP contribution in [0.2, 0.25) is 0 Å². The lowest BCUT2D eigenvalue weighted by Gasteiger charge is -2.41. The highest BCUT2D eigenvalue weighted by Gasteiger charge is 2.55. The Labute approximate surface area is 199 Å². The summed E-state index contributed by atoms with van der Waals surface area (Å²) in [5, 5.41) is 3.07. The number of carbonyl (C=O) groups excluding carboxylic acids is 2. The fourth-order valence-corrected chi connectivity index (χ4v) is 5.13. The topological polar surface area (TPSA) is 71.1 Å². The SMILES string of the molecule is COCCN1C(=O)NC(Cc2cccc(OC)c2)(C2CCN(Cc3ccccc3F)CC2)C1=O. The second-order valence-electron chi connectivity index (χ2n) is 9.02. The Morgan fingerprint density at radius 1 is 1.09 bits per heavy atom. The third kappa shape index (κ3) is 4.93. The summed E-state index contributed by atoms with van der Waals surface area (Å²) in [4.78, 5) is 30.1. The van der Waals surface area contributed by atoms with E-state index in [0.29, 0.717) is 24.3 Å². The van der Waals surface area contributed by atoms with Crippen molar-refractivity contribution in [3.8, 4) is 5.75 Å². The van der Waals surface area contributed by atoms with Gasteiger partial charge in [-0.2, -0.15) is 0 Å². The number of hydrogen-bond donors (Lipinski definition) is 1. The number of imide groups is 1. The van der Waals surface area contributed by atoms with Crippen molar-refractivity contribution in [2.24, 2.45) is 5.92 Å². The average molecular weight is 470 g/mol. The van der Waals surface area contributed by atoms with Gasteiger partial charge < -0.3 is 14.8 Å². The van der Waals surface area contributed by atoms with Gasteiger partial charge in [0.1, 0.15) is 17.1 Å². The number of ether oxygens (including phenoxy) is 2. The monoisotopic (exact) mass is 469 g/mol. The quantitative estimate of drug-likeness (QED) is 0.571. The number of nitrogens with zero attached hydrogens (tertiary/aromatic N) is 2. The lowest BCUT2D eigenvalue weighted by atomic mass is 9.74. The molecule has 2 aliphatic heterocycles. The minimum Gasteiger partial charge on any atom is -0.497 e. The Morgan fingerprint density at radius 2 is 1.85 bits per heavy atom. The van der Waals surface area contributed by atoms with Crippen LogP contribution in [0.1, 0.15) is 24.0 Å². The lowest BCUT2D eigenvalue weighted by Crippen LogP contribution is -2.57. The van der Waals surface area contributed by atoms with E-state index in [1.54, 1.807) is 26.4 Å². The molecule has 2 aromatic carbocycles. The van der Waals surface area contributed by atoms with Crippen LogP contribution >= 0.6 is 0 Å². The van der Waals surface area contributed by atoms with Crippen LogP contribution in [0.4, 0.5) is 9.18 Å². The van der Waals surface area contributed by atoms with E-state index in [2.05, 4.69) is 10.2 Å². The van der Waals surface area contributed by atoms with Gasteiger partial charge in [0.25, 0.3) is 5.91 Å². The van der Waals surface area contributed by atoms with Crippen LogP contribution in [-0.4, -0.2) is 67.7 Å². The number of halogens is 1. The largest absolute Gasteiger partial charge is 0.497 e. The summed E-state index contributed by atoms with van der Waals surface area (Å²) in [6.07, 6.45) is 1.83. The van der Waals surface area contributed by atoms with Gasteiger partial charge in [0.15, 0.2) is 0 Å². The Bertz CT molecular complexity index is 1020. The maximum Gasteiger partial charge on any atom is 0.325 e. The maximum atomic E-state index is 14.1. The summed E-state index contributed by atoms with van der Waals surface area (Å²) in [5.74, 6) is 0.260. The number of urea groups is 1. The van der Waals surface area contributed by atoms with Gasteiger partial charge in [-0.1, -0.05) is 30.3 Å². The highest BCUT2D eigenvalue weighted by atomic mass is 19.1. The van der Waals surface area contributed by atoms with Crippen LogP contribution in [0, 0.1) is 11.7 Å². The predicted octanol–water partition coefficient (Wildman–Crippen LogP) is 3.23. The van der Waals surface area contributed by atoms with Gasteiger partial charge in [-0.25, -0.2) is 9.18 Å². The molecule has 7 nitrogen and oxygen atoms in total.